The van der Waals surface area contributed by atoms with Gasteiger partial charge in [-0.2, -0.15) is 0 Å². The van der Waals surface area contributed by atoms with Crippen molar-refractivity contribution in [2.24, 2.45) is 0 Å². The Balaban J connectivity index is 1.46. The molecular formula is C29H33NO7S. The lowest BCUT2D eigenvalue weighted by molar-refractivity contribution is -0.154. The Labute approximate surface area is 223 Å². The number of ether oxygens (including phenoxy) is 2. The first kappa shape index (κ1) is 28.8. The number of benzene rings is 2. The number of carbonyl (C=O) groups is 2. The molecule has 3 aromatic rings. The fraction of sp³-hybridized carbons (Fsp3) is 0.345. The zero-order valence-corrected chi connectivity index (χ0v) is 22.7. The summed E-state index contributed by atoms with van der Waals surface area (Å²) in [7, 11) is -3.66. The first-order valence-electron chi connectivity index (χ1n) is 12.4. The summed E-state index contributed by atoms with van der Waals surface area (Å²) in [5, 5.41) is 8.94. The van der Waals surface area contributed by atoms with Crippen LogP contribution in [0.15, 0.2) is 71.8 Å². The van der Waals surface area contributed by atoms with Gasteiger partial charge in [0.1, 0.15) is 17.1 Å². The molecule has 0 aliphatic heterocycles. The van der Waals surface area contributed by atoms with Crippen molar-refractivity contribution >= 4 is 21.8 Å². The number of sulfone groups is 1. The van der Waals surface area contributed by atoms with Crippen molar-refractivity contribution in [3.63, 3.8) is 0 Å². The maximum absolute atomic E-state index is 12.7. The zero-order chi connectivity index (χ0) is 27.8. The van der Waals surface area contributed by atoms with Gasteiger partial charge in [-0.05, 0) is 94.1 Å². The first-order chi connectivity index (χ1) is 17.9. The molecule has 2 aromatic carbocycles. The van der Waals surface area contributed by atoms with Crippen molar-refractivity contribution in [3.8, 4) is 11.5 Å². The van der Waals surface area contributed by atoms with Crippen LogP contribution >= 0.6 is 0 Å². The Hall–Kier alpha value is -3.72. The van der Waals surface area contributed by atoms with Crippen molar-refractivity contribution in [2.45, 2.75) is 69.1 Å². The van der Waals surface area contributed by atoms with Gasteiger partial charge in [-0.1, -0.05) is 18.6 Å². The Morgan fingerprint density at radius 3 is 2.05 bits per heavy atom. The molecule has 0 spiro atoms. The van der Waals surface area contributed by atoms with Gasteiger partial charge in [-0.3, -0.25) is 9.78 Å². The summed E-state index contributed by atoms with van der Waals surface area (Å²) >= 11 is 0. The molecule has 0 saturated carbocycles. The van der Waals surface area contributed by atoms with Crippen LogP contribution in [0.3, 0.4) is 0 Å². The van der Waals surface area contributed by atoms with Crippen molar-refractivity contribution < 1.29 is 32.6 Å². The van der Waals surface area contributed by atoms with Crippen LogP contribution in [0, 0.1) is 0 Å². The van der Waals surface area contributed by atoms with Crippen LogP contribution in [0.25, 0.3) is 0 Å². The molecule has 38 heavy (non-hydrogen) atoms. The van der Waals surface area contributed by atoms with Crippen LogP contribution in [-0.2, 0) is 31.5 Å². The third-order valence-electron chi connectivity index (χ3n) is 5.52. The number of rotatable bonds is 12. The molecule has 8 nitrogen and oxygen atoms in total. The lowest BCUT2D eigenvalue weighted by Crippen LogP contribution is -2.23. The lowest BCUT2D eigenvalue weighted by Gasteiger charge is -2.19. The van der Waals surface area contributed by atoms with E-state index in [1.807, 2.05) is 45.0 Å². The number of unbranched alkanes of at least 4 members (excludes halogenated alkanes) is 2. The Morgan fingerprint density at radius 2 is 1.50 bits per heavy atom. The average Bonchev–Trinajstić information content (AvgIpc) is 2.84. The second-order valence-electron chi connectivity index (χ2n) is 9.97. The molecule has 0 atom stereocenters. The largest absolute Gasteiger partial charge is 0.478 e. The molecule has 3 rings (SSSR count). The lowest BCUT2D eigenvalue weighted by atomic mass is 10.1. The molecule has 9 heteroatoms. The van der Waals surface area contributed by atoms with Crippen molar-refractivity contribution in [2.75, 3.05) is 0 Å². The molecule has 0 radical (unpaired) electrons. The van der Waals surface area contributed by atoms with Crippen LogP contribution in [0.5, 0.6) is 11.5 Å². The standard InChI is InChI=1S/C29H33NO7S/c1-29(2,3)37-27(31)8-6-4-5-7-21-9-13-24(14-10-21)36-25-15-17-26(18-16-25)38(34,35)20-23-12-11-22(19-30-23)28(32)33/h9-19H,4-8,20H2,1-3H3,(H,32,33). The third-order valence-corrected chi connectivity index (χ3v) is 7.18. The number of esters is 1. The highest BCUT2D eigenvalue weighted by Gasteiger charge is 2.17. The van der Waals surface area contributed by atoms with Crippen LogP contribution in [0.1, 0.15) is 68.1 Å². The number of pyridine rings is 1. The molecule has 0 amide bonds. The van der Waals surface area contributed by atoms with E-state index in [2.05, 4.69) is 4.98 Å². The predicted molar refractivity (Wildman–Crippen MR) is 143 cm³/mol. The summed E-state index contributed by atoms with van der Waals surface area (Å²) in [6.45, 7) is 5.60. The van der Waals surface area contributed by atoms with Gasteiger partial charge in [-0.25, -0.2) is 13.2 Å². The van der Waals surface area contributed by atoms with E-state index < -0.39 is 21.4 Å². The molecular weight excluding hydrogens is 506 g/mol. The van der Waals surface area contributed by atoms with E-state index in [-0.39, 0.29) is 27.9 Å². The SMILES string of the molecule is CC(C)(C)OC(=O)CCCCCc1ccc(Oc2ccc(S(=O)(=O)Cc3ccc(C(=O)O)cn3)cc2)cc1. The molecule has 1 heterocycles. The van der Waals surface area contributed by atoms with Crippen LogP contribution in [0.2, 0.25) is 0 Å². The summed E-state index contributed by atoms with van der Waals surface area (Å²) in [6.07, 6.45) is 5.18. The van der Waals surface area contributed by atoms with Gasteiger partial charge in [0, 0.05) is 12.6 Å². The number of hydrogen-bond donors (Lipinski definition) is 1. The Bertz CT molecular complexity index is 1330. The summed E-state index contributed by atoms with van der Waals surface area (Å²) < 4.78 is 36.6. The smallest absolute Gasteiger partial charge is 0.337 e. The van der Waals surface area contributed by atoms with Gasteiger partial charge in [0.25, 0.3) is 0 Å². The van der Waals surface area contributed by atoms with Crippen LogP contribution < -0.4 is 4.74 Å². The fourth-order valence-electron chi connectivity index (χ4n) is 3.66. The predicted octanol–water partition coefficient (Wildman–Crippen LogP) is 5.99. The molecule has 0 saturated heterocycles. The minimum Gasteiger partial charge on any atom is -0.478 e. The van der Waals surface area contributed by atoms with E-state index in [1.54, 1.807) is 12.1 Å². The summed E-state index contributed by atoms with van der Waals surface area (Å²) in [6, 6.07) is 16.6. The van der Waals surface area contributed by atoms with Gasteiger partial charge in [0.2, 0.25) is 0 Å². The van der Waals surface area contributed by atoms with E-state index in [9.17, 15) is 18.0 Å². The topological polar surface area (TPSA) is 120 Å². The molecule has 1 aromatic heterocycles. The molecule has 1 N–H and O–H groups in total. The minimum atomic E-state index is -3.66. The third kappa shape index (κ3) is 9.30. The maximum atomic E-state index is 12.7. The summed E-state index contributed by atoms with van der Waals surface area (Å²) in [4.78, 5) is 26.8. The van der Waals surface area contributed by atoms with Crippen molar-refractivity contribution in [1.82, 2.24) is 4.98 Å². The quantitative estimate of drug-likeness (QED) is 0.220. The van der Waals surface area contributed by atoms with Gasteiger partial charge in [0.05, 0.1) is 21.9 Å². The van der Waals surface area contributed by atoms with Crippen LogP contribution in [-0.4, -0.2) is 36.0 Å². The van der Waals surface area contributed by atoms with E-state index >= 15 is 0 Å². The van der Waals surface area contributed by atoms with Gasteiger partial charge in [-0.15, -0.1) is 0 Å². The Morgan fingerprint density at radius 1 is 0.868 bits per heavy atom. The van der Waals surface area contributed by atoms with Gasteiger partial charge < -0.3 is 14.6 Å². The number of aromatic nitrogens is 1. The average molecular weight is 540 g/mol. The minimum absolute atomic E-state index is 0.00373. The molecule has 0 aliphatic carbocycles. The van der Waals surface area contributed by atoms with E-state index in [0.29, 0.717) is 17.9 Å². The normalized spacial score (nSPS) is 11.7. The van der Waals surface area contributed by atoms with E-state index in [1.165, 1.54) is 29.8 Å². The number of carboxylic acids is 1. The van der Waals surface area contributed by atoms with E-state index in [0.717, 1.165) is 31.9 Å². The van der Waals surface area contributed by atoms with Crippen molar-refractivity contribution in [1.29, 1.82) is 0 Å². The van der Waals surface area contributed by atoms with Crippen LogP contribution in [0.4, 0.5) is 0 Å². The number of aromatic carboxylic acids is 1. The summed E-state index contributed by atoms with van der Waals surface area (Å²) in [5.74, 6) is -0.478. The maximum Gasteiger partial charge on any atom is 0.337 e. The highest BCUT2D eigenvalue weighted by atomic mass is 32.2. The van der Waals surface area contributed by atoms with Crippen molar-refractivity contribution in [3.05, 3.63) is 83.7 Å². The van der Waals surface area contributed by atoms with E-state index in [4.69, 9.17) is 14.6 Å². The zero-order valence-electron chi connectivity index (χ0n) is 21.8. The number of hydrogen-bond acceptors (Lipinski definition) is 7. The fourth-order valence-corrected chi connectivity index (χ4v) is 4.94. The molecule has 0 unspecified atom stereocenters. The molecule has 0 aliphatic rings. The van der Waals surface area contributed by atoms with Gasteiger partial charge in [0.15, 0.2) is 9.84 Å². The number of aryl methyl sites for hydroxylation is 1. The molecule has 202 valence electrons. The summed E-state index contributed by atoms with van der Waals surface area (Å²) in [5.41, 5.74) is 0.980. The number of carbonyl (C=O) groups excluding carboxylic acids is 1. The highest BCUT2D eigenvalue weighted by Crippen LogP contribution is 2.25. The molecule has 0 bridgehead atoms. The second kappa shape index (κ2) is 12.7. The number of nitrogens with zero attached hydrogens (tertiary/aromatic N) is 1. The monoisotopic (exact) mass is 539 g/mol. The second-order valence-corrected chi connectivity index (χ2v) is 12.0. The number of carboxylic acid groups (broad SMARTS) is 1. The van der Waals surface area contributed by atoms with Gasteiger partial charge >= 0.3 is 11.9 Å². The molecule has 0 fully saturated rings. The highest BCUT2D eigenvalue weighted by molar-refractivity contribution is 7.90. The Kier molecular flexibility index (Phi) is 9.63. The first-order valence-corrected chi connectivity index (χ1v) is 14.1.